The van der Waals surface area contributed by atoms with E-state index in [-0.39, 0.29) is 53.1 Å². The number of halogens is 1. The fourth-order valence-electron chi connectivity index (χ4n) is 3.20. The number of aliphatic imine (C=N–C) groups is 1. The minimum Gasteiger partial charge on any atom is -0.370 e. The molecule has 0 spiro atoms. The lowest BCUT2D eigenvalue weighted by molar-refractivity contribution is 0.0954. The molecule has 0 radical (unpaired) electrons. The molecule has 194 valence electrons. The predicted octanol–water partition coefficient (Wildman–Crippen LogP) is 3.82. The highest BCUT2D eigenvalue weighted by Gasteiger charge is 2.25. The molecule has 0 saturated heterocycles. The molecular weight excluding hydrogens is 486 g/mol. The number of hydrogen-bond donors (Lipinski definition) is 4. The Morgan fingerprint density at radius 3 is 1.94 bits per heavy atom. The molecule has 0 fully saturated rings. The first-order chi connectivity index (χ1) is 15.5. The first kappa shape index (κ1) is 30.3. The molecule has 0 aliphatic rings. The summed E-state index contributed by atoms with van der Waals surface area (Å²) in [7, 11) is -3.85. The van der Waals surface area contributed by atoms with E-state index in [1.807, 2.05) is 0 Å². The molecule has 0 atom stereocenters. The van der Waals surface area contributed by atoms with Crippen LogP contribution in [0.5, 0.6) is 0 Å². The maximum Gasteiger partial charge on any atom is 0.261 e. The van der Waals surface area contributed by atoms with Crippen LogP contribution in [-0.4, -0.2) is 33.4 Å². The van der Waals surface area contributed by atoms with Crippen LogP contribution in [0.15, 0.2) is 46.3 Å². The Balaban J connectivity index is 0.00000612. The van der Waals surface area contributed by atoms with Gasteiger partial charge in [0, 0.05) is 12.1 Å². The Bertz CT molecular complexity index is 1160. The van der Waals surface area contributed by atoms with E-state index >= 15 is 0 Å². The van der Waals surface area contributed by atoms with Gasteiger partial charge < -0.3 is 16.8 Å². The molecule has 8 nitrogen and oxygen atoms in total. The maximum absolute atomic E-state index is 13.3. The Morgan fingerprint density at radius 1 is 0.943 bits per heavy atom. The highest BCUT2D eigenvalue weighted by Crippen LogP contribution is 2.32. The lowest BCUT2D eigenvalue weighted by Gasteiger charge is -2.26. The van der Waals surface area contributed by atoms with Gasteiger partial charge >= 0.3 is 0 Å². The molecule has 0 aliphatic carbocycles. The normalized spacial score (nSPS) is 11.9. The minimum atomic E-state index is -3.85. The van der Waals surface area contributed by atoms with E-state index in [2.05, 4.69) is 62.6 Å². The number of amides is 1. The van der Waals surface area contributed by atoms with Gasteiger partial charge in [-0.05, 0) is 64.8 Å². The zero-order chi connectivity index (χ0) is 25.9. The Hall–Kier alpha value is -2.78. The fourth-order valence-corrected chi connectivity index (χ4v) is 4.40. The number of aryl methyl sites for hydroxylation is 1. The van der Waals surface area contributed by atoms with Gasteiger partial charge in [-0.25, -0.2) is 8.42 Å². The van der Waals surface area contributed by atoms with Crippen LogP contribution in [0.3, 0.4) is 0 Å². The largest absolute Gasteiger partial charge is 0.370 e. The van der Waals surface area contributed by atoms with Crippen molar-refractivity contribution >= 4 is 40.0 Å². The number of carbonyl (C=O) groups is 1. The Labute approximate surface area is 215 Å². The quantitative estimate of drug-likeness (QED) is 0.248. The van der Waals surface area contributed by atoms with Crippen molar-refractivity contribution in [1.82, 2.24) is 5.32 Å². The van der Waals surface area contributed by atoms with E-state index in [0.29, 0.717) is 16.8 Å². The van der Waals surface area contributed by atoms with Gasteiger partial charge in [-0.1, -0.05) is 47.6 Å². The van der Waals surface area contributed by atoms with Crippen LogP contribution < -0.4 is 21.5 Å². The second kappa shape index (κ2) is 11.3. The van der Waals surface area contributed by atoms with Crippen molar-refractivity contribution in [3.05, 3.63) is 58.7 Å². The minimum absolute atomic E-state index is 0. The molecule has 0 bridgehead atoms. The topological polar surface area (TPSA) is 140 Å². The third kappa shape index (κ3) is 8.43. The van der Waals surface area contributed by atoms with Gasteiger partial charge in [0.1, 0.15) is 0 Å². The van der Waals surface area contributed by atoms with Crippen molar-refractivity contribution in [2.24, 2.45) is 16.5 Å². The summed E-state index contributed by atoms with van der Waals surface area (Å²) in [5.74, 6) is -0.333. The average Bonchev–Trinajstić information content (AvgIpc) is 2.70. The van der Waals surface area contributed by atoms with Crippen molar-refractivity contribution in [3.8, 4) is 0 Å². The number of nitrogens with one attached hydrogen (secondary N) is 2. The summed E-state index contributed by atoms with van der Waals surface area (Å²) in [5, 5.41) is 2.72. The number of hydrogen-bond acceptors (Lipinski definition) is 4. The van der Waals surface area contributed by atoms with E-state index in [4.69, 9.17) is 11.5 Å². The molecule has 2 aromatic rings. The van der Waals surface area contributed by atoms with E-state index in [1.54, 1.807) is 37.3 Å². The summed E-state index contributed by atoms with van der Waals surface area (Å²) < 4.78 is 29.4. The molecule has 0 aliphatic heterocycles. The molecule has 0 heterocycles. The number of carbonyl (C=O) groups excluding carboxylic acids is 1. The van der Waals surface area contributed by atoms with Crippen molar-refractivity contribution < 1.29 is 13.2 Å². The fraction of sp³-hybridized carbons (Fsp3) is 0.440. The van der Waals surface area contributed by atoms with Gasteiger partial charge in [0.25, 0.3) is 15.9 Å². The monoisotopic (exact) mass is 523 g/mol. The molecule has 0 aromatic heterocycles. The molecule has 1 amide bonds. The SMILES string of the molecule is Cc1cc(C(=O)NCCN=C(N)N)ccc1NS(=O)(=O)c1cc(C(C)(C)C)cc(C(C)(C)C)c1.Cl. The summed E-state index contributed by atoms with van der Waals surface area (Å²) >= 11 is 0. The van der Waals surface area contributed by atoms with Gasteiger partial charge in [-0.2, -0.15) is 0 Å². The second-order valence-corrected chi connectivity index (χ2v) is 12.1. The number of anilines is 1. The zero-order valence-corrected chi connectivity index (χ0v) is 23.2. The third-order valence-corrected chi connectivity index (χ3v) is 6.72. The van der Waals surface area contributed by atoms with E-state index < -0.39 is 10.0 Å². The summed E-state index contributed by atoms with van der Waals surface area (Å²) in [6.45, 7) is 14.7. The Kier molecular flexibility index (Phi) is 9.77. The lowest BCUT2D eigenvalue weighted by Crippen LogP contribution is -2.28. The molecular formula is C25H38ClN5O3S. The standard InChI is InChI=1S/C25H37N5O3S.ClH/c1-16-12-17(22(31)28-10-11-29-23(26)27)8-9-21(16)30-34(32,33)20-14-18(24(2,3)4)13-19(15-20)25(5,6)7;/h8-9,12-15,30H,10-11H2,1-7H3,(H,28,31)(H4,26,27,29);1H. The first-order valence-electron chi connectivity index (χ1n) is 11.1. The maximum atomic E-state index is 13.3. The van der Waals surface area contributed by atoms with Crippen LogP contribution >= 0.6 is 12.4 Å². The summed E-state index contributed by atoms with van der Waals surface area (Å²) in [6.07, 6.45) is 0. The number of nitrogens with zero attached hydrogens (tertiary/aromatic N) is 1. The average molecular weight is 524 g/mol. The van der Waals surface area contributed by atoms with Crippen LogP contribution in [0.2, 0.25) is 0 Å². The highest BCUT2D eigenvalue weighted by molar-refractivity contribution is 7.92. The van der Waals surface area contributed by atoms with Crippen molar-refractivity contribution in [2.75, 3.05) is 17.8 Å². The van der Waals surface area contributed by atoms with Crippen molar-refractivity contribution in [1.29, 1.82) is 0 Å². The number of rotatable bonds is 7. The molecule has 2 rings (SSSR count). The van der Waals surface area contributed by atoms with Crippen LogP contribution in [-0.2, 0) is 20.9 Å². The smallest absolute Gasteiger partial charge is 0.261 e. The van der Waals surface area contributed by atoms with Crippen molar-refractivity contribution in [2.45, 2.75) is 64.2 Å². The van der Waals surface area contributed by atoms with E-state index in [9.17, 15) is 13.2 Å². The lowest BCUT2D eigenvalue weighted by atomic mass is 9.81. The summed E-state index contributed by atoms with van der Waals surface area (Å²) in [6, 6.07) is 10.3. The summed E-state index contributed by atoms with van der Waals surface area (Å²) in [4.78, 5) is 16.4. The second-order valence-electron chi connectivity index (χ2n) is 10.4. The molecule has 0 unspecified atom stereocenters. The number of sulfonamides is 1. The van der Waals surface area contributed by atoms with Gasteiger partial charge in [0.05, 0.1) is 17.1 Å². The molecule has 2 aromatic carbocycles. The van der Waals surface area contributed by atoms with Crippen LogP contribution in [0.25, 0.3) is 0 Å². The molecule has 35 heavy (non-hydrogen) atoms. The first-order valence-corrected chi connectivity index (χ1v) is 12.6. The van der Waals surface area contributed by atoms with Crippen LogP contribution in [0.1, 0.15) is 68.6 Å². The number of benzene rings is 2. The van der Waals surface area contributed by atoms with Crippen LogP contribution in [0.4, 0.5) is 5.69 Å². The van der Waals surface area contributed by atoms with Gasteiger partial charge in [0.15, 0.2) is 5.96 Å². The molecule has 0 saturated carbocycles. The van der Waals surface area contributed by atoms with Gasteiger partial charge in [-0.15, -0.1) is 12.4 Å². The predicted molar refractivity (Wildman–Crippen MR) is 146 cm³/mol. The number of guanidine groups is 1. The van der Waals surface area contributed by atoms with E-state index in [0.717, 1.165) is 11.1 Å². The molecule has 6 N–H and O–H groups in total. The van der Waals surface area contributed by atoms with Gasteiger partial charge in [-0.3, -0.25) is 14.5 Å². The van der Waals surface area contributed by atoms with Crippen molar-refractivity contribution in [3.63, 3.8) is 0 Å². The number of nitrogens with two attached hydrogens (primary N) is 2. The zero-order valence-electron chi connectivity index (χ0n) is 21.5. The highest BCUT2D eigenvalue weighted by atomic mass is 35.5. The summed E-state index contributed by atoms with van der Waals surface area (Å²) in [5.41, 5.74) is 13.5. The van der Waals surface area contributed by atoms with Gasteiger partial charge in [0.2, 0.25) is 0 Å². The van der Waals surface area contributed by atoms with E-state index in [1.165, 1.54) is 0 Å². The Morgan fingerprint density at radius 2 is 1.49 bits per heavy atom. The molecule has 10 heteroatoms. The van der Waals surface area contributed by atoms with Crippen LogP contribution in [0, 0.1) is 6.92 Å². The third-order valence-electron chi connectivity index (χ3n) is 5.37.